The molecule has 1 aromatic rings. The van der Waals surface area contributed by atoms with Crippen LogP contribution in [0.25, 0.3) is 0 Å². The van der Waals surface area contributed by atoms with Crippen molar-refractivity contribution >= 4 is 10.0 Å². The first-order chi connectivity index (χ1) is 8.01. The molecule has 0 saturated heterocycles. The summed E-state index contributed by atoms with van der Waals surface area (Å²) in [5.41, 5.74) is 0. The molecule has 17 heavy (non-hydrogen) atoms. The Balaban J connectivity index is 1.94. The van der Waals surface area contributed by atoms with Gasteiger partial charge in [-0.1, -0.05) is 0 Å². The molecule has 0 amide bonds. The maximum Gasteiger partial charge on any atom is 0.259 e. The van der Waals surface area contributed by atoms with E-state index in [4.69, 9.17) is 5.11 Å². The molecule has 1 fully saturated rings. The third-order valence-electron chi connectivity index (χ3n) is 3.02. The van der Waals surface area contributed by atoms with E-state index in [0.29, 0.717) is 25.9 Å². The van der Waals surface area contributed by atoms with E-state index in [0.717, 1.165) is 0 Å². The van der Waals surface area contributed by atoms with Crippen LogP contribution >= 0.6 is 0 Å². The van der Waals surface area contributed by atoms with E-state index in [-0.39, 0.29) is 17.0 Å². The van der Waals surface area contributed by atoms with Crippen molar-refractivity contribution in [1.29, 1.82) is 0 Å². The number of aryl methyl sites for hydroxylation is 1. The molecule has 0 aliphatic heterocycles. The monoisotopic (exact) mass is 259 g/mol. The van der Waals surface area contributed by atoms with Gasteiger partial charge in [-0.2, -0.15) is 0 Å². The van der Waals surface area contributed by atoms with Crippen molar-refractivity contribution in [3.8, 4) is 0 Å². The van der Waals surface area contributed by atoms with E-state index in [9.17, 15) is 8.42 Å². The van der Waals surface area contributed by atoms with Crippen molar-refractivity contribution in [2.75, 3.05) is 6.54 Å². The first-order valence-electron chi connectivity index (χ1n) is 5.70. The Morgan fingerprint density at radius 3 is 2.82 bits per heavy atom. The van der Waals surface area contributed by atoms with E-state index in [1.165, 1.54) is 12.5 Å². The van der Waals surface area contributed by atoms with Gasteiger partial charge < -0.3 is 9.67 Å². The maximum atomic E-state index is 11.8. The molecule has 0 aromatic carbocycles. The average molecular weight is 259 g/mol. The van der Waals surface area contributed by atoms with Crippen LogP contribution in [0.1, 0.15) is 19.8 Å². The zero-order valence-electron chi connectivity index (χ0n) is 9.70. The molecular formula is C10H17N3O3S. The van der Waals surface area contributed by atoms with E-state index in [1.54, 1.807) is 4.57 Å². The van der Waals surface area contributed by atoms with Crippen molar-refractivity contribution in [3.63, 3.8) is 0 Å². The highest BCUT2D eigenvalue weighted by atomic mass is 32.2. The molecule has 1 heterocycles. The molecule has 7 heteroatoms. The van der Waals surface area contributed by atoms with E-state index < -0.39 is 10.0 Å². The molecule has 2 rings (SSSR count). The second-order valence-corrected chi connectivity index (χ2v) is 6.10. The first kappa shape index (κ1) is 12.5. The fourth-order valence-electron chi connectivity index (χ4n) is 1.82. The Morgan fingerprint density at radius 2 is 2.29 bits per heavy atom. The highest BCUT2D eigenvalue weighted by Crippen LogP contribution is 2.26. The van der Waals surface area contributed by atoms with Crippen LogP contribution < -0.4 is 4.72 Å². The second kappa shape index (κ2) is 4.75. The summed E-state index contributed by atoms with van der Waals surface area (Å²) in [5, 5.41) is 9.16. The van der Waals surface area contributed by atoms with Crippen LogP contribution in [0.2, 0.25) is 0 Å². The number of hydrogen-bond acceptors (Lipinski definition) is 4. The van der Waals surface area contributed by atoms with E-state index in [1.807, 2.05) is 6.92 Å². The Labute approximate surface area is 101 Å². The van der Waals surface area contributed by atoms with E-state index >= 15 is 0 Å². The van der Waals surface area contributed by atoms with Crippen molar-refractivity contribution in [3.05, 3.63) is 12.5 Å². The summed E-state index contributed by atoms with van der Waals surface area (Å²) in [6.07, 6.45) is 4.10. The van der Waals surface area contributed by atoms with Gasteiger partial charge in [-0.15, -0.1) is 0 Å². The standard InChI is InChI=1S/C10H17N3O3S/c1-2-13-6-10(11-7-13)17(15,16)12-5-8-3-9(14)4-8/h6-9,12,14H,2-5H2,1H3. The van der Waals surface area contributed by atoms with Crippen LogP contribution in [0.3, 0.4) is 0 Å². The van der Waals surface area contributed by atoms with Crippen LogP contribution in [0.4, 0.5) is 0 Å². The molecule has 0 bridgehead atoms. The topological polar surface area (TPSA) is 84.2 Å². The number of nitrogens with zero attached hydrogens (tertiary/aromatic N) is 2. The molecule has 0 spiro atoms. The lowest BCUT2D eigenvalue weighted by Gasteiger charge is -2.31. The lowest BCUT2D eigenvalue weighted by atomic mass is 9.83. The highest BCUT2D eigenvalue weighted by molar-refractivity contribution is 7.89. The largest absolute Gasteiger partial charge is 0.393 e. The molecule has 0 atom stereocenters. The summed E-state index contributed by atoms with van der Waals surface area (Å²) < 4.78 is 27.9. The number of hydrogen-bond donors (Lipinski definition) is 2. The molecule has 1 saturated carbocycles. The van der Waals surface area contributed by atoms with Crippen LogP contribution in [0.15, 0.2) is 17.6 Å². The minimum Gasteiger partial charge on any atom is -0.393 e. The fourth-order valence-corrected chi connectivity index (χ4v) is 2.88. The smallest absolute Gasteiger partial charge is 0.259 e. The summed E-state index contributed by atoms with van der Waals surface area (Å²) in [7, 11) is -3.50. The molecule has 0 radical (unpaired) electrons. The zero-order chi connectivity index (χ0) is 12.5. The van der Waals surface area contributed by atoms with Crippen LogP contribution in [-0.2, 0) is 16.6 Å². The van der Waals surface area contributed by atoms with Gasteiger partial charge in [-0.05, 0) is 25.7 Å². The van der Waals surface area contributed by atoms with Crippen molar-refractivity contribution in [1.82, 2.24) is 14.3 Å². The second-order valence-electron chi connectivity index (χ2n) is 4.39. The van der Waals surface area contributed by atoms with Crippen molar-refractivity contribution in [2.45, 2.75) is 37.4 Å². The SMILES string of the molecule is CCn1cnc(S(=O)(=O)NCC2CC(O)C2)c1. The summed E-state index contributed by atoms with van der Waals surface area (Å²) in [5.74, 6) is 0.244. The van der Waals surface area contributed by atoms with Gasteiger partial charge in [0, 0.05) is 19.3 Å². The van der Waals surface area contributed by atoms with Crippen LogP contribution in [-0.4, -0.2) is 35.7 Å². The van der Waals surface area contributed by atoms with Gasteiger partial charge in [-0.3, -0.25) is 0 Å². The number of nitrogens with one attached hydrogen (secondary N) is 1. The lowest BCUT2D eigenvalue weighted by Crippen LogP contribution is -2.38. The number of aliphatic hydroxyl groups excluding tert-OH is 1. The van der Waals surface area contributed by atoms with Gasteiger partial charge in [0.1, 0.15) is 0 Å². The summed E-state index contributed by atoms with van der Waals surface area (Å²) in [6.45, 7) is 2.98. The molecule has 6 nitrogen and oxygen atoms in total. The van der Waals surface area contributed by atoms with E-state index in [2.05, 4.69) is 9.71 Å². The quantitative estimate of drug-likeness (QED) is 0.776. The third-order valence-corrected chi connectivity index (χ3v) is 4.33. The Bertz CT molecular complexity index is 477. The summed E-state index contributed by atoms with van der Waals surface area (Å²) >= 11 is 0. The van der Waals surface area contributed by atoms with Crippen LogP contribution in [0, 0.1) is 5.92 Å². The van der Waals surface area contributed by atoms with Crippen LogP contribution in [0.5, 0.6) is 0 Å². The molecule has 2 N–H and O–H groups in total. The maximum absolute atomic E-state index is 11.8. The predicted molar refractivity (Wildman–Crippen MR) is 61.8 cm³/mol. The summed E-state index contributed by atoms with van der Waals surface area (Å²) in [4.78, 5) is 3.86. The van der Waals surface area contributed by atoms with Gasteiger partial charge in [0.05, 0.1) is 12.4 Å². The fraction of sp³-hybridized carbons (Fsp3) is 0.700. The van der Waals surface area contributed by atoms with Crippen molar-refractivity contribution < 1.29 is 13.5 Å². The molecule has 96 valence electrons. The minimum atomic E-state index is -3.50. The number of imidazole rings is 1. The van der Waals surface area contributed by atoms with Gasteiger partial charge in [0.25, 0.3) is 10.0 Å². The lowest BCUT2D eigenvalue weighted by molar-refractivity contribution is 0.0453. The van der Waals surface area contributed by atoms with Gasteiger partial charge in [0.15, 0.2) is 5.03 Å². The molecule has 0 unspecified atom stereocenters. The Morgan fingerprint density at radius 1 is 1.59 bits per heavy atom. The first-order valence-corrected chi connectivity index (χ1v) is 7.19. The van der Waals surface area contributed by atoms with Gasteiger partial charge >= 0.3 is 0 Å². The van der Waals surface area contributed by atoms with Gasteiger partial charge in [-0.25, -0.2) is 18.1 Å². The summed E-state index contributed by atoms with van der Waals surface area (Å²) in [6, 6.07) is 0. The van der Waals surface area contributed by atoms with Gasteiger partial charge in [0.2, 0.25) is 0 Å². The molecule has 1 aliphatic rings. The third kappa shape index (κ3) is 2.85. The molecule has 1 aliphatic carbocycles. The Hall–Kier alpha value is -0.920. The molecule has 1 aromatic heterocycles. The normalized spacial score (nSPS) is 24.6. The average Bonchev–Trinajstić information content (AvgIpc) is 2.72. The minimum absolute atomic E-state index is 0.0548. The molecular weight excluding hydrogens is 242 g/mol. The number of aromatic nitrogens is 2. The zero-order valence-corrected chi connectivity index (χ0v) is 10.5. The number of sulfonamides is 1. The number of rotatable bonds is 5. The highest BCUT2D eigenvalue weighted by Gasteiger charge is 2.28. The van der Waals surface area contributed by atoms with Crippen molar-refractivity contribution in [2.24, 2.45) is 5.92 Å². The predicted octanol–water partition coefficient (Wildman–Crippen LogP) is -0.0478. The number of aliphatic hydroxyl groups is 1. The Kier molecular flexibility index (Phi) is 3.50.